The van der Waals surface area contributed by atoms with Crippen LogP contribution in [0.2, 0.25) is 0 Å². The summed E-state index contributed by atoms with van der Waals surface area (Å²) in [6, 6.07) is 6.23. The van der Waals surface area contributed by atoms with Crippen LogP contribution in [-0.2, 0) is 9.47 Å². The number of benzene rings is 2. The maximum atomic E-state index is 14.1. The molecule has 0 saturated heterocycles. The Hall–Kier alpha value is -5.58. The Bertz CT molecular complexity index is 2130. The summed E-state index contributed by atoms with van der Waals surface area (Å²) in [4.78, 5) is 35.9. The van der Waals surface area contributed by atoms with Crippen molar-refractivity contribution in [2.45, 2.75) is 13.3 Å². The lowest BCUT2D eigenvalue weighted by molar-refractivity contribution is -0.179. The first-order valence-electron chi connectivity index (χ1n) is 14.7. The van der Waals surface area contributed by atoms with Gasteiger partial charge < -0.3 is 23.2 Å². The minimum atomic E-state index is -0.795. The van der Waals surface area contributed by atoms with Gasteiger partial charge in [-0.15, -0.1) is 0 Å². The van der Waals surface area contributed by atoms with Crippen molar-refractivity contribution >= 4 is 23.3 Å². The van der Waals surface area contributed by atoms with E-state index in [-0.39, 0.29) is 63.6 Å². The second-order valence-corrected chi connectivity index (χ2v) is 10.9. The molecule has 0 aliphatic carbocycles. The van der Waals surface area contributed by atoms with Gasteiger partial charge in [0.05, 0.1) is 0 Å². The van der Waals surface area contributed by atoms with Crippen molar-refractivity contribution in [2.24, 2.45) is 0 Å². The fraction of sp³-hybridized carbons (Fsp3) is 0.235. The van der Waals surface area contributed by atoms with Crippen LogP contribution in [0.1, 0.15) is 27.9 Å². The molecule has 4 aromatic heterocycles. The molecule has 264 valence electrons. The Balaban J connectivity index is 0.000000188. The van der Waals surface area contributed by atoms with Gasteiger partial charge >= 0.3 is 11.7 Å². The number of hydrogen-bond donors (Lipinski definition) is 0. The number of ketones is 2. The largest absolute Gasteiger partial charge is 0.432 e. The van der Waals surface area contributed by atoms with Crippen LogP contribution in [0, 0.1) is 23.3 Å². The monoisotopic (exact) mass is 698 g/mol. The van der Waals surface area contributed by atoms with Gasteiger partial charge in [0.15, 0.2) is 5.78 Å². The van der Waals surface area contributed by atoms with E-state index < -0.39 is 23.3 Å². The molecule has 0 spiro atoms. The van der Waals surface area contributed by atoms with Gasteiger partial charge in [0, 0.05) is 83.2 Å². The molecule has 0 amide bonds. The number of aromatic nitrogens is 4. The molecule has 0 radical (unpaired) electrons. The van der Waals surface area contributed by atoms with Gasteiger partial charge in [0.2, 0.25) is 12.2 Å². The summed E-state index contributed by atoms with van der Waals surface area (Å²) in [5.41, 5.74) is 0.698. The molecule has 6 rings (SSSR count). The summed E-state index contributed by atoms with van der Waals surface area (Å²) in [5.74, 6) is -3.27. The van der Waals surface area contributed by atoms with Crippen LogP contribution in [0.15, 0.2) is 82.4 Å². The first-order chi connectivity index (χ1) is 23.8. The van der Waals surface area contributed by atoms with Crippen molar-refractivity contribution < 1.29 is 45.5 Å². The third kappa shape index (κ3) is 8.34. The van der Waals surface area contributed by atoms with Crippen molar-refractivity contribution in [1.82, 2.24) is 28.6 Å². The molecular weight excluding hydrogens is 664 g/mol. The van der Waals surface area contributed by atoms with Crippen LogP contribution in [0.25, 0.3) is 34.2 Å². The molecule has 16 heteroatoms. The molecule has 0 aliphatic heterocycles. The average Bonchev–Trinajstić information content (AvgIpc) is 3.82. The Morgan fingerprint density at radius 2 is 1.24 bits per heavy atom. The zero-order valence-electron chi connectivity index (χ0n) is 28.2. The normalized spacial score (nSPS) is 11.3. The number of methoxy groups -OCH3 is 2. The first kappa shape index (κ1) is 37.2. The lowest BCUT2D eigenvalue weighted by Crippen LogP contribution is -2.30. The van der Waals surface area contributed by atoms with Gasteiger partial charge in [0.25, 0.3) is 0 Å². The number of oxazole rings is 2. The second-order valence-electron chi connectivity index (χ2n) is 10.9. The van der Waals surface area contributed by atoms with Gasteiger partial charge in [-0.1, -0.05) is 0 Å². The average molecular weight is 699 g/mol. The van der Waals surface area contributed by atoms with Gasteiger partial charge in [0.1, 0.15) is 58.6 Å². The zero-order valence-corrected chi connectivity index (χ0v) is 28.2. The highest BCUT2D eigenvalue weighted by atomic mass is 19.1. The van der Waals surface area contributed by atoms with E-state index in [9.17, 15) is 27.2 Å². The quantitative estimate of drug-likeness (QED) is 0.0734. The molecule has 2 aromatic carbocycles. The Morgan fingerprint density at radius 3 is 1.62 bits per heavy atom. The highest BCUT2D eigenvalue weighted by Gasteiger charge is 2.24. The summed E-state index contributed by atoms with van der Waals surface area (Å²) < 4.78 is 76.7. The second kappa shape index (κ2) is 16.2. The predicted molar refractivity (Wildman–Crippen MR) is 174 cm³/mol. The van der Waals surface area contributed by atoms with Crippen molar-refractivity contribution in [3.63, 3.8) is 0 Å². The number of ether oxygens (including phenoxy) is 2. The van der Waals surface area contributed by atoms with Crippen LogP contribution in [0.3, 0.4) is 0 Å². The van der Waals surface area contributed by atoms with Crippen LogP contribution in [0.5, 0.6) is 0 Å². The van der Waals surface area contributed by atoms with Gasteiger partial charge in [-0.25, -0.2) is 17.6 Å². The minimum absolute atomic E-state index is 0.0342. The minimum Gasteiger partial charge on any atom is -0.432 e. The van der Waals surface area contributed by atoms with E-state index >= 15 is 0 Å². The van der Waals surface area contributed by atoms with Crippen molar-refractivity contribution in [3.05, 3.63) is 108 Å². The Kier molecular flexibility index (Phi) is 12.1. The van der Waals surface area contributed by atoms with Crippen molar-refractivity contribution in [3.8, 4) is 22.5 Å². The highest BCUT2D eigenvalue weighted by molar-refractivity contribution is 6.08. The Labute approximate surface area is 283 Å². The molecule has 0 N–H and O–H groups in total. The van der Waals surface area contributed by atoms with E-state index in [0.717, 1.165) is 24.3 Å². The summed E-state index contributed by atoms with van der Waals surface area (Å²) in [6.45, 7) is 1.35. The van der Waals surface area contributed by atoms with E-state index in [0.29, 0.717) is 0 Å². The molecule has 0 unspecified atom stereocenters. The van der Waals surface area contributed by atoms with Gasteiger partial charge in [-0.3, -0.25) is 23.3 Å². The fourth-order valence-electron chi connectivity index (χ4n) is 4.70. The van der Waals surface area contributed by atoms with Crippen molar-refractivity contribution in [1.29, 1.82) is 0 Å². The van der Waals surface area contributed by atoms with E-state index in [1.165, 1.54) is 58.9 Å². The molecule has 6 aromatic rings. The number of carbonyl (C=O) groups excluding carboxylic acids is 2. The first-order valence-corrected chi connectivity index (χ1v) is 14.7. The van der Waals surface area contributed by atoms with Crippen molar-refractivity contribution in [2.75, 3.05) is 42.4 Å². The number of fused-ring (bicyclic) bond motifs is 2. The van der Waals surface area contributed by atoms with Crippen LogP contribution < -0.4 is 0 Å². The van der Waals surface area contributed by atoms with Gasteiger partial charge in [-0.05, 0) is 38.4 Å². The van der Waals surface area contributed by atoms with E-state index in [1.807, 2.05) is 19.0 Å². The summed E-state index contributed by atoms with van der Waals surface area (Å²) in [6.07, 6.45) is 8.50. The molecule has 0 bridgehead atoms. The van der Waals surface area contributed by atoms with Crippen LogP contribution >= 0.6 is 0 Å². The smallest absolute Gasteiger partial charge is 0.306 e. The van der Waals surface area contributed by atoms with E-state index in [1.54, 1.807) is 39.4 Å². The molecule has 0 fully saturated rings. The molecule has 0 saturated carbocycles. The summed E-state index contributed by atoms with van der Waals surface area (Å²) >= 11 is 0. The van der Waals surface area contributed by atoms with E-state index in [2.05, 4.69) is 9.97 Å². The van der Waals surface area contributed by atoms with E-state index in [4.69, 9.17) is 18.3 Å². The Morgan fingerprint density at radius 1 is 0.780 bits per heavy atom. The number of imidazole rings is 2. The fourth-order valence-corrected chi connectivity index (χ4v) is 4.70. The number of Topliss-reactive ketones (excluding diaryl/α,β-unsaturated/α-hetero) is 1. The summed E-state index contributed by atoms with van der Waals surface area (Å²) in [5, 5.41) is 0. The SMILES string of the molecule is CC(=O)c1c(-c2ccc(F)cc2F)nc2occn12.CN(C)C=CC(=O)c1c(-c2ccc(F)cc2F)nc2occn12.COC(OC)N(C)C. The molecular formula is C34H34F4N6O6. The molecule has 0 aliphatic rings. The maximum absolute atomic E-state index is 14.1. The molecule has 12 nitrogen and oxygen atoms in total. The number of carbonyl (C=O) groups is 2. The molecule has 0 atom stereocenters. The molecule has 4 heterocycles. The van der Waals surface area contributed by atoms with Crippen LogP contribution in [0.4, 0.5) is 17.6 Å². The highest BCUT2D eigenvalue weighted by Crippen LogP contribution is 2.29. The lowest BCUT2D eigenvalue weighted by Gasteiger charge is -2.19. The predicted octanol–water partition coefficient (Wildman–Crippen LogP) is 6.33. The third-order valence-corrected chi connectivity index (χ3v) is 6.81. The van der Waals surface area contributed by atoms with Gasteiger partial charge in [-0.2, -0.15) is 9.97 Å². The number of rotatable bonds is 9. The number of halogens is 4. The van der Waals surface area contributed by atoms with Crippen LogP contribution in [-0.4, -0.2) is 89.0 Å². The zero-order chi connectivity index (χ0) is 36.7. The molecule has 50 heavy (non-hydrogen) atoms. The number of nitrogens with zero attached hydrogens (tertiary/aromatic N) is 6. The number of allylic oxidation sites excluding steroid dienone is 1. The number of hydrogen-bond acceptors (Lipinski definition) is 10. The maximum Gasteiger partial charge on any atom is 0.306 e. The summed E-state index contributed by atoms with van der Waals surface area (Å²) in [7, 11) is 10.5. The topological polar surface area (TPSA) is 120 Å². The third-order valence-electron chi connectivity index (χ3n) is 6.81. The lowest BCUT2D eigenvalue weighted by atomic mass is 10.1. The standard InChI is InChI=1S/C16H13F2N3O2.C13H8F2N2O2.C5H13NO2/c1-20(2)6-5-13(22)15-14(19-16-21(15)7-8-23-16)11-4-3-10(17)9-12(11)18;1-7(18)12-11(16-13-17(12)4-5-19-13)9-3-2-8(14)6-10(9)15;1-6(2)5(7-3)8-4/h3-9H,1-2H3;2-6H,1H3;5H,1-4H3.